The van der Waals surface area contributed by atoms with Gasteiger partial charge in [0.25, 0.3) is 0 Å². The molecule has 0 radical (unpaired) electrons. The number of anilines is 1. The topological polar surface area (TPSA) is 65.1 Å². The number of likely N-dealkylation sites (tertiary alicyclic amines) is 1. The van der Waals surface area contributed by atoms with Crippen LogP contribution in [-0.4, -0.2) is 30.4 Å². The lowest BCUT2D eigenvalue weighted by Crippen LogP contribution is -2.34. The van der Waals surface area contributed by atoms with Crippen molar-refractivity contribution in [3.05, 3.63) is 65.7 Å². The second kappa shape index (κ2) is 8.67. The summed E-state index contributed by atoms with van der Waals surface area (Å²) in [6.07, 6.45) is 3.64. The lowest BCUT2D eigenvalue weighted by molar-refractivity contribution is 0.173. The summed E-state index contributed by atoms with van der Waals surface area (Å²) in [4.78, 5) is 2.55. The fourth-order valence-electron chi connectivity index (χ4n) is 3.43. The molecule has 0 atom stereocenters. The van der Waals surface area contributed by atoms with Gasteiger partial charge in [-0.15, -0.1) is 0 Å². The SMILES string of the molecule is N=C(NCCC1CCN(Cc2ccccc2)CC1)c1ccc(N)cc1. The average molecular weight is 336 g/mol. The summed E-state index contributed by atoms with van der Waals surface area (Å²) in [5.74, 6) is 1.25. The van der Waals surface area contributed by atoms with E-state index in [2.05, 4.69) is 40.5 Å². The van der Waals surface area contributed by atoms with Gasteiger partial charge >= 0.3 is 0 Å². The van der Waals surface area contributed by atoms with Crippen LogP contribution in [0, 0.1) is 11.3 Å². The highest BCUT2D eigenvalue weighted by Crippen LogP contribution is 2.21. The number of nitrogens with one attached hydrogen (secondary N) is 2. The lowest BCUT2D eigenvalue weighted by atomic mass is 9.93. The van der Waals surface area contributed by atoms with Gasteiger partial charge in [-0.2, -0.15) is 0 Å². The van der Waals surface area contributed by atoms with Crippen LogP contribution in [0.15, 0.2) is 54.6 Å². The Labute approximate surface area is 150 Å². The minimum atomic E-state index is 0.488. The van der Waals surface area contributed by atoms with Gasteiger partial charge in [0.2, 0.25) is 0 Å². The molecule has 4 heteroatoms. The number of piperidine rings is 1. The lowest BCUT2D eigenvalue weighted by Gasteiger charge is -2.32. The minimum Gasteiger partial charge on any atom is -0.399 e. The first kappa shape index (κ1) is 17.5. The van der Waals surface area contributed by atoms with Gasteiger partial charge in [-0.3, -0.25) is 10.3 Å². The largest absolute Gasteiger partial charge is 0.399 e. The van der Waals surface area contributed by atoms with E-state index in [-0.39, 0.29) is 0 Å². The van der Waals surface area contributed by atoms with Crippen molar-refractivity contribution in [2.24, 2.45) is 5.92 Å². The van der Waals surface area contributed by atoms with E-state index >= 15 is 0 Å². The molecule has 1 fully saturated rings. The molecule has 0 aromatic heterocycles. The molecule has 1 saturated heterocycles. The number of nitrogen functional groups attached to an aromatic ring is 1. The molecule has 1 aliphatic heterocycles. The third-order valence-corrected chi connectivity index (χ3v) is 5.01. The number of nitrogens with two attached hydrogens (primary N) is 1. The van der Waals surface area contributed by atoms with Crippen molar-refractivity contribution >= 4 is 11.5 Å². The zero-order valence-corrected chi connectivity index (χ0v) is 14.7. The summed E-state index contributed by atoms with van der Waals surface area (Å²) in [7, 11) is 0. The van der Waals surface area contributed by atoms with Crippen LogP contribution in [-0.2, 0) is 6.54 Å². The second-order valence-electron chi connectivity index (χ2n) is 6.92. The number of benzene rings is 2. The maximum Gasteiger partial charge on any atom is 0.125 e. The van der Waals surface area contributed by atoms with Crippen molar-refractivity contribution in [1.29, 1.82) is 5.41 Å². The molecule has 4 N–H and O–H groups in total. The van der Waals surface area contributed by atoms with Gasteiger partial charge in [0.15, 0.2) is 0 Å². The van der Waals surface area contributed by atoms with Crippen LogP contribution in [0.2, 0.25) is 0 Å². The third-order valence-electron chi connectivity index (χ3n) is 5.01. The number of amidine groups is 1. The molecule has 3 rings (SSSR count). The highest BCUT2D eigenvalue weighted by molar-refractivity contribution is 5.96. The summed E-state index contributed by atoms with van der Waals surface area (Å²) in [6.45, 7) is 4.28. The Bertz CT molecular complexity index is 658. The second-order valence-corrected chi connectivity index (χ2v) is 6.92. The van der Waals surface area contributed by atoms with E-state index in [1.807, 2.05) is 24.3 Å². The van der Waals surface area contributed by atoms with Crippen LogP contribution >= 0.6 is 0 Å². The first-order valence-electron chi connectivity index (χ1n) is 9.15. The third kappa shape index (κ3) is 5.33. The standard InChI is InChI=1S/C21H28N4/c22-20-8-6-19(7-9-20)21(23)24-13-10-17-11-14-25(15-12-17)16-18-4-2-1-3-5-18/h1-9,17H,10-16,22H2,(H2,23,24). The smallest absolute Gasteiger partial charge is 0.125 e. The summed E-state index contributed by atoms with van der Waals surface area (Å²) in [5.41, 5.74) is 8.72. The summed E-state index contributed by atoms with van der Waals surface area (Å²) >= 11 is 0. The first-order valence-corrected chi connectivity index (χ1v) is 9.15. The van der Waals surface area contributed by atoms with Gasteiger partial charge in [0.05, 0.1) is 0 Å². The highest BCUT2D eigenvalue weighted by Gasteiger charge is 2.19. The van der Waals surface area contributed by atoms with E-state index in [0.29, 0.717) is 5.84 Å². The molecule has 0 bridgehead atoms. The molecular formula is C21H28N4. The van der Waals surface area contributed by atoms with Crippen molar-refractivity contribution in [3.8, 4) is 0 Å². The average Bonchev–Trinajstić information content (AvgIpc) is 2.64. The zero-order chi connectivity index (χ0) is 17.5. The molecule has 0 saturated carbocycles. The summed E-state index contributed by atoms with van der Waals surface area (Å²) in [5, 5.41) is 11.4. The molecule has 0 aliphatic carbocycles. The maximum absolute atomic E-state index is 8.11. The Balaban J connectivity index is 1.35. The fraction of sp³-hybridized carbons (Fsp3) is 0.381. The van der Waals surface area contributed by atoms with Crippen molar-refractivity contribution < 1.29 is 0 Å². The molecule has 1 heterocycles. The summed E-state index contributed by atoms with van der Waals surface area (Å²) in [6, 6.07) is 18.2. The zero-order valence-electron chi connectivity index (χ0n) is 14.7. The predicted octanol–water partition coefficient (Wildman–Crippen LogP) is 3.49. The van der Waals surface area contributed by atoms with E-state index in [4.69, 9.17) is 11.1 Å². The summed E-state index contributed by atoms with van der Waals surface area (Å²) < 4.78 is 0. The van der Waals surface area contributed by atoms with Gasteiger partial charge in [-0.05, 0) is 68.1 Å². The maximum atomic E-state index is 8.11. The minimum absolute atomic E-state index is 0.488. The van der Waals surface area contributed by atoms with E-state index in [0.717, 1.165) is 36.7 Å². The molecule has 1 aliphatic rings. The Hall–Kier alpha value is -2.33. The van der Waals surface area contributed by atoms with Crippen molar-refractivity contribution in [1.82, 2.24) is 10.2 Å². The van der Waals surface area contributed by atoms with Gasteiger partial charge in [-0.1, -0.05) is 30.3 Å². The molecule has 0 spiro atoms. The van der Waals surface area contributed by atoms with Gasteiger partial charge in [-0.25, -0.2) is 0 Å². The molecule has 2 aromatic carbocycles. The normalized spacial score (nSPS) is 15.8. The Kier molecular flexibility index (Phi) is 6.07. The van der Waals surface area contributed by atoms with Gasteiger partial charge in [0.1, 0.15) is 5.84 Å². The van der Waals surface area contributed by atoms with Crippen LogP contribution < -0.4 is 11.1 Å². The molecule has 0 amide bonds. The molecule has 4 nitrogen and oxygen atoms in total. The van der Waals surface area contributed by atoms with E-state index in [1.54, 1.807) is 0 Å². The highest BCUT2D eigenvalue weighted by atomic mass is 15.1. The van der Waals surface area contributed by atoms with Crippen LogP contribution in [0.3, 0.4) is 0 Å². The Morgan fingerprint density at radius 1 is 1.04 bits per heavy atom. The molecule has 2 aromatic rings. The molecule has 25 heavy (non-hydrogen) atoms. The number of nitrogens with zero attached hydrogens (tertiary/aromatic N) is 1. The quantitative estimate of drug-likeness (QED) is 0.430. The van der Waals surface area contributed by atoms with Crippen LogP contribution in [0.1, 0.15) is 30.4 Å². The first-order chi connectivity index (χ1) is 12.2. The van der Waals surface area contributed by atoms with Crippen LogP contribution in [0.25, 0.3) is 0 Å². The number of rotatable bonds is 6. The van der Waals surface area contributed by atoms with E-state index in [1.165, 1.54) is 31.5 Å². The molecule has 0 unspecified atom stereocenters. The predicted molar refractivity (Wildman–Crippen MR) is 105 cm³/mol. The fourth-order valence-corrected chi connectivity index (χ4v) is 3.43. The van der Waals surface area contributed by atoms with Crippen molar-refractivity contribution in [2.75, 3.05) is 25.4 Å². The van der Waals surface area contributed by atoms with E-state index in [9.17, 15) is 0 Å². The van der Waals surface area contributed by atoms with Crippen LogP contribution in [0.4, 0.5) is 5.69 Å². The van der Waals surface area contributed by atoms with Crippen molar-refractivity contribution in [3.63, 3.8) is 0 Å². The Morgan fingerprint density at radius 3 is 2.40 bits per heavy atom. The Morgan fingerprint density at radius 2 is 1.72 bits per heavy atom. The van der Waals surface area contributed by atoms with Gasteiger partial charge < -0.3 is 11.1 Å². The van der Waals surface area contributed by atoms with E-state index < -0.39 is 0 Å². The number of hydrogen-bond acceptors (Lipinski definition) is 3. The number of hydrogen-bond donors (Lipinski definition) is 3. The van der Waals surface area contributed by atoms with Crippen molar-refractivity contribution in [2.45, 2.75) is 25.8 Å². The van der Waals surface area contributed by atoms with Crippen LogP contribution in [0.5, 0.6) is 0 Å². The monoisotopic (exact) mass is 336 g/mol. The van der Waals surface area contributed by atoms with Gasteiger partial charge in [0, 0.05) is 24.3 Å². The molecule has 132 valence electrons. The molecular weight excluding hydrogens is 308 g/mol.